The number of esters is 1. The molecule has 0 bridgehead atoms. The van der Waals surface area contributed by atoms with Crippen LogP contribution in [0, 0.1) is 0 Å². The highest BCUT2D eigenvalue weighted by Crippen LogP contribution is 2.28. The SMILES string of the molecule is CCOC(=O)CNC(=O)c1ncc(-c2cccc(Cl)c2)cc1OCc1ccccc1. The normalized spacial score (nSPS) is 10.3. The Morgan fingerprint density at radius 2 is 1.83 bits per heavy atom. The summed E-state index contributed by atoms with van der Waals surface area (Å²) in [4.78, 5) is 28.4. The van der Waals surface area contributed by atoms with Gasteiger partial charge in [-0.15, -0.1) is 0 Å². The number of amides is 1. The van der Waals surface area contributed by atoms with E-state index < -0.39 is 11.9 Å². The van der Waals surface area contributed by atoms with Crippen molar-refractivity contribution in [3.8, 4) is 16.9 Å². The average molecular weight is 425 g/mol. The van der Waals surface area contributed by atoms with Crippen LogP contribution >= 0.6 is 11.6 Å². The molecule has 0 atom stereocenters. The van der Waals surface area contributed by atoms with Crippen LogP contribution in [0.2, 0.25) is 5.02 Å². The van der Waals surface area contributed by atoms with E-state index in [1.807, 2.05) is 42.5 Å². The number of carbonyl (C=O) groups is 2. The molecule has 0 aliphatic rings. The number of hydrogen-bond acceptors (Lipinski definition) is 5. The summed E-state index contributed by atoms with van der Waals surface area (Å²) < 4.78 is 10.8. The number of benzene rings is 2. The van der Waals surface area contributed by atoms with Crippen molar-refractivity contribution < 1.29 is 19.1 Å². The molecule has 1 heterocycles. The summed E-state index contributed by atoms with van der Waals surface area (Å²) in [6.07, 6.45) is 1.57. The second-order valence-electron chi connectivity index (χ2n) is 6.34. The third kappa shape index (κ3) is 5.81. The molecule has 0 saturated heterocycles. The fraction of sp³-hybridized carbons (Fsp3) is 0.174. The molecule has 1 amide bonds. The number of nitrogens with zero attached hydrogens (tertiary/aromatic N) is 1. The Bertz CT molecular complexity index is 1020. The molecule has 1 N–H and O–H groups in total. The van der Waals surface area contributed by atoms with Crippen LogP contribution in [0.25, 0.3) is 11.1 Å². The number of nitrogens with one attached hydrogen (secondary N) is 1. The van der Waals surface area contributed by atoms with Gasteiger partial charge in [-0.05, 0) is 36.2 Å². The average Bonchev–Trinajstić information content (AvgIpc) is 2.77. The maximum Gasteiger partial charge on any atom is 0.325 e. The minimum Gasteiger partial charge on any atom is -0.486 e. The second-order valence-corrected chi connectivity index (χ2v) is 6.78. The highest BCUT2D eigenvalue weighted by atomic mass is 35.5. The summed E-state index contributed by atoms with van der Waals surface area (Å²) in [5.41, 5.74) is 2.63. The summed E-state index contributed by atoms with van der Waals surface area (Å²) in [5, 5.41) is 3.11. The van der Waals surface area contributed by atoms with E-state index in [2.05, 4.69) is 10.3 Å². The molecule has 0 aliphatic heterocycles. The zero-order chi connectivity index (χ0) is 21.3. The molecule has 0 unspecified atom stereocenters. The highest BCUT2D eigenvalue weighted by molar-refractivity contribution is 6.30. The fourth-order valence-electron chi connectivity index (χ4n) is 2.73. The lowest BCUT2D eigenvalue weighted by atomic mass is 10.1. The second kappa shape index (κ2) is 10.4. The lowest BCUT2D eigenvalue weighted by Gasteiger charge is -2.13. The van der Waals surface area contributed by atoms with Crippen molar-refractivity contribution in [2.45, 2.75) is 13.5 Å². The first-order chi connectivity index (χ1) is 14.6. The molecular weight excluding hydrogens is 404 g/mol. The van der Waals surface area contributed by atoms with Crippen LogP contribution < -0.4 is 10.1 Å². The molecule has 3 aromatic rings. The quantitative estimate of drug-likeness (QED) is 0.546. The van der Waals surface area contributed by atoms with Crippen LogP contribution in [-0.2, 0) is 16.1 Å². The van der Waals surface area contributed by atoms with Gasteiger partial charge in [0.25, 0.3) is 5.91 Å². The molecule has 7 heteroatoms. The number of halogens is 1. The van der Waals surface area contributed by atoms with Crippen LogP contribution in [0.5, 0.6) is 5.75 Å². The Morgan fingerprint density at radius 1 is 1.03 bits per heavy atom. The van der Waals surface area contributed by atoms with Crippen LogP contribution in [0.15, 0.2) is 66.9 Å². The Labute approximate surface area is 179 Å². The Hall–Kier alpha value is -3.38. The zero-order valence-corrected chi connectivity index (χ0v) is 17.2. The molecule has 0 radical (unpaired) electrons. The van der Waals surface area contributed by atoms with Gasteiger partial charge in [0.05, 0.1) is 6.61 Å². The molecule has 0 spiro atoms. The first-order valence-electron chi connectivity index (χ1n) is 9.43. The van der Waals surface area contributed by atoms with E-state index in [4.69, 9.17) is 21.1 Å². The van der Waals surface area contributed by atoms with Gasteiger partial charge in [-0.1, -0.05) is 54.1 Å². The van der Waals surface area contributed by atoms with Gasteiger partial charge in [0.15, 0.2) is 11.4 Å². The highest BCUT2D eigenvalue weighted by Gasteiger charge is 2.17. The van der Waals surface area contributed by atoms with Gasteiger partial charge in [0, 0.05) is 16.8 Å². The summed E-state index contributed by atoms with van der Waals surface area (Å²) in [7, 11) is 0. The van der Waals surface area contributed by atoms with Crippen LogP contribution in [0.4, 0.5) is 0 Å². The van der Waals surface area contributed by atoms with Crippen LogP contribution in [0.3, 0.4) is 0 Å². The van der Waals surface area contributed by atoms with Gasteiger partial charge in [0.2, 0.25) is 0 Å². The number of hydrogen-bond donors (Lipinski definition) is 1. The molecule has 0 aliphatic carbocycles. The maximum atomic E-state index is 12.6. The molecule has 1 aromatic heterocycles. The molecule has 154 valence electrons. The molecule has 0 saturated carbocycles. The van der Waals surface area contributed by atoms with Gasteiger partial charge in [-0.25, -0.2) is 4.98 Å². The summed E-state index contributed by atoms with van der Waals surface area (Å²) >= 11 is 6.09. The lowest BCUT2D eigenvalue weighted by Crippen LogP contribution is -2.31. The fourth-order valence-corrected chi connectivity index (χ4v) is 2.92. The number of aromatic nitrogens is 1. The third-order valence-electron chi connectivity index (χ3n) is 4.16. The molecule has 6 nitrogen and oxygen atoms in total. The monoisotopic (exact) mass is 424 g/mol. The van der Waals surface area contributed by atoms with Crippen molar-refractivity contribution in [2.24, 2.45) is 0 Å². The van der Waals surface area contributed by atoms with Crippen molar-refractivity contribution in [1.29, 1.82) is 0 Å². The van der Waals surface area contributed by atoms with Gasteiger partial charge < -0.3 is 14.8 Å². The minimum absolute atomic E-state index is 0.0843. The molecule has 3 rings (SSSR count). The molecule has 2 aromatic carbocycles. The smallest absolute Gasteiger partial charge is 0.325 e. The van der Waals surface area contributed by atoms with Crippen molar-refractivity contribution in [1.82, 2.24) is 10.3 Å². The van der Waals surface area contributed by atoms with E-state index >= 15 is 0 Å². The van der Waals surface area contributed by atoms with E-state index in [1.54, 1.807) is 31.3 Å². The van der Waals surface area contributed by atoms with E-state index in [1.165, 1.54) is 0 Å². The van der Waals surface area contributed by atoms with E-state index in [0.717, 1.165) is 16.7 Å². The topological polar surface area (TPSA) is 77.5 Å². The van der Waals surface area contributed by atoms with Crippen molar-refractivity contribution in [3.05, 3.63) is 83.1 Å². The Morgan fingerprint density at radius 3 is 2.57 bits per heavy atom. The number of carbonyl (C=O) groups excluding carboxylic acids is 2. The molecule has 30 heavy (non-hydrogen) atoms. The minimum atomic E-state index is -0.524. The predicted molar refractivity (Wildman–Crippen MR) is 114 cm³/mol. The summed E-state index contributed by atoms with van der Waals surface area (Å²) in [5.74, 6) is -0.741. The maximum absolute atomic E-state index is 12.6. The lowest BCUT2D eigenvalue weighted by molar-refractivity contribution is -0.141. The van der Waals surface area contributed by atoms with Gasteiger partial charge in [-0.2, -0.15) is 0 Å². The van der Waals surface area contributed by atoms with E-state index in [9.17, 15) is 9.59 Å². The number of pyridine rings is 1. The predicted octanol–water partition coefficient (Wildman–Crippen LogP) is 4.27. The van der Waals surface area contributed by atoms with E-state index in [0.29, 0.717) is 10.8 Å². The third-order valence-corrected chi connectivity index (χ3v) is 4.40. The molecular formula is C23H21ClN2O4. The molecule has 0 fully saturated rings. The van der Waals surface area contributed by atoms with Crippen molar-refractivity contribution >= 4 is 23.5 Å². The van der Waals surface area contributed by atoms with Gasteiger partial charge in [0.1, 0.15) is 13.2 Å². The first kappa shape index (κ1) is 21.3. The Balaban J connectivity index is 1.86. The van der Waals surface area contributed by atoms with Gasteiger partial charge >= 0.3 is 5.97 Å². The van der Waals surface area contributed by atoms with Crippen molar-refractivity contribution in [2.75, 3.05) is 13.2 Å². The zero-order valence-electron chi connectivity index (χ0n) is 16.4. The summed E-state index contributed by atoms with van der Waals surface area (Å²) in [6.45, 7) is 1.96. The summed E-state index contributed by atoms with van der Waals surface area (Å²) in [6, 6.07) is 18.6. The van der Waals surface area contributed by atoms with E-state index in [-0.39, 0.29) is 25.5 Å². The van der Waals surface area contributed by atoms with Crippen molar-refractivity contribution in [3.63, 3.8) is 0 Å². The first-order valence-corrected chi connectivity index (χ1v) is 9.81. The van der Waals surface area contributed by atoms with Crippen LogP contribution in [0.1, 0.15) is 23.0 Å². The largest absolute Gasteiger partial charge is 0.486 e. The standard InChI is InChI=1S/C23H21ClN2O4/c1-2-29-21(27)14-26-23(28)22-20(30-15-16-7-4-3-5-8-16)12-18(13-25-22)17-9-6-10-19(24)11-17/h3-13H,2,14-15H2,1H3,(H,26,28). The number of ether oxygens (including phenoxy) is 2. The Kier molecular flexibility index (Phi) is 7.40. The number of rotatable bonds is 8. The van der Waals surface area contributed by atoms with Gasteiger partial charge in [-0.3, -0.25) is 9.59 Å². The van der Waals surface area contributed by atoms with Crippen LogP contribution in [-0.4, -0.2) is 30.0 Å².